The van der Waals surface area contributed by atoms with E-state index in [0.29, 0.717) is 12.3 Å². The second kappa shape index (κ2) is 9.57. The van der Waals surface area contributed by atoms with Crippen molar-refractivity contribution in [3.63, 3.8) is 0 Å². The standard InChI is InChI=1S/C20H31N3O3/c1-4-17(22-20(25)15-10-7-8-14(15)12-21)16-9-5-6-11-18(16)26-13-19(24)23(2)3/h5-6,9,11,14-15,17H,4,7-8,10,12-13,21H2,1-3H3,(H,22,25)/t14-,15-,17?/m1/s1. The van der Waals surface area contributed by atoms with E-state index in [2.05, 4.69) is 5.32 Å². The van der Waals surface area contributed by atoms with Gasteiger partial charge in [-0.25, -0.2) is 0 Å². The number of benzene rings is 1. The smallest absolute Gasteiger partial charge is 0.259 e. The summed E-state index contributed by atoms with van der Waals surface area (Å²) in [5.74, 6) is 0.878. The highest BCUT2D eigenvalue weighted by atomic mass is 16.5. The highest BCUT2D eigenvalue weighted by Crippen LogP contribution is 2.33. The molecule has 2 amide bonds. The van der Waals surface area contributed by atoms with E-state index in [-0.39, 0.29) is 36.3 Å². The van der Waals surface area contributed by atoms with E-state index >= 15 is 0 Å². The molecule has 1 unspecified atom stereocenters. The van der Waals surface area contributed by atoms with Gasteiger partial charge in [0.05, 0.1) is 6.04 Å². The molecule has 6 nitrogen and oxygen atoms in total. The Morgan fingerprint density at radius 3 is 2.69 bits per heavy atom. The number of hydrogen-bond acceptors (Lipinski definition) is 4. The molecule has 0 saturated heterocycles. The maximum absolute atomic E-state index is 12.8. The first-order valence-corrected chi connectivity index (χ1v) is 9.40. The largest absolute Gasteiger partial charge is 0.483 e. The van der Waals surface area contributed by atoms with E-state index in [4.69, 9.17) is 10.5 Å². The highest BCUT2D eigenvalue weighted by molar-refractivity contribution is 5.80. The summed E-state index contributed by atoms with van der Waals surface area (Å²) in [5, 5.41) is 3.17. The quantitative estimate of drug-likeness (QED) is 0.742. The Kier molecular flexibility index (Phi) is 7.45. The van der Waals surface area contributed by atoms with Crippen molar-refractivity contribution in [1.29, 1.82) is 0 Å². The van der Waals surface area contributed by atoms with E-state index in [1.807, 2.05) is 31.2 Å². The average molecular weight is 361 g/mol. The summed E-state index contributed by atoms with van der Waals surface area (Å²) >= 11 is 0. The predicted octanol–water partition coefficient (Wildman–Crippen LogP) is 2.10. The molecule has 1 aliphatic carbocycles. The fourth-order valence-corrected chi connectivity index (χ4v) is 3.51. The third kappa shape index (κ3) is 4.97. The first kappa shape index (κ1) is 20.2. The molecule has 1 saturated carbocycles. The van der Waals surface area contributed by atoms with Gasteiger partial charge in [-0.05, 0) is 37.8 Å². The summed E-state index contributed by atoms with van der Waals surface area (Å²) in [4.78, 5) is 26.1. The molecule has 0 aromatic heterocycles. The molecule has 0 spiro atoms. The molecule has 0 aliphatic heterocycles. The molecular formula is C20H31N3O3. The normalized spacial score (nSPS) is 20.5. The summed E-state index contributed by atoms with van der Waals surface area (Å²) in [6.07, 6.45) is 3.73. The van der Waals surface area contributed by atoms with Crippen LogP contribution in [0.25, 0.3) is 0 Å². The summed E-state index contributed by atoms with van der Waals surface area (Å²) in [6, 6.07) is 7.43. The monoisotopic (exact) mass is 361 g/mol. The molecule has 3 N–H and O–H groups in total. The van der Waals surface area contributed by atoms with Crippen molar-refractivity contribution in [3.05, 3.63) is 29.8 Å². The van der Waals surface area contributed by atoms with Crippen LogP contribution >= 0.6 is 0 Å². The van der Waals surface area contributed by atoms with Crippen molar-refractivity contribution in [3.8, 4) is 5.75 Å². The topological polar surface area (TPSA) is 84.7 Å². The van der Waals surface area contributed by atoms with Gasteiger partial charge >= 0.3 is 0 Å². The van der Waals surface area contributed by atoms with Crippen LogP contribution < -0.4 is 15.8 Å². The van der Waals surface area contributed by atoms with Crippen LogP contribution in [0.2, 0.25) is 0 Å². The minimum Gasteiger partial charge on any atom is -0.483 e. The molecule has 1 fully saturated rings. The van der Waals surface area contributed by atoms with Crippen molar-refractivity contribution in [2.75, 3.05) is 27.2 Å². The molecule has 144 valence electrons. The van der Waals surface area contributed by atoms with Crippen molar-refractivity contribution < 1.29 is 14.3 Å². The van der Waals surface area contributed by atoms with Gasteiger partial charge in [-0.1, -0.05) is 31.5 Å². The van der Waals surface area contributed by atoms with Gasteiger partial charge in [0, 0.05) is 25.6 Å². The van der Waals surface area contributed by atoms with Crippen LogP contribution in [0, 0.1) is 11.8 Å². The SMILES string of the molecule is CCC(NC(=O)[C@@H]1CCC[C@@H]1CN)c1ccccc1OCC(=O)N(C)C. The molecule has 2 rings (SSSR count). The number of nitrogens with zero attached hydrogens (tertiary/aromatic N) is 1. The van der Waals surface area contributed by atoms with E-state index in [1.54, 1.807) is 14.1 Å². The first-order chi connectivity index (χ1) is 12.5. The molecule has 0 bridgehead atoms. The lowest BCUT2D eigenvalue weighted by atomic mass is 9.94. The summed E-state index contributed by atoms with van der Waals surface area (Å²) in [5.41, 5.74) is 6.72. The minimum absolute atomic E-state index is 0.00236. The Hall–Kier alpha value is -2.08. The number of ether oxygens (including phenoxy) is 1. The number of carbonyl (C=O) groups excluding carboxylic acids is 2. The third-order valence-electron chi connectivity index (χ3n) is 5.17. The molecular weight excluding hydrogens is 330 g/mol. The van der Waals surface area contributed by atoms with Gasteiger partial charge in [0.2, 0.25) is 5.91 Å². The van der Waals surface area contributed by atoms with Crippen LogP contribution in [0.5, 0.6) is 5.75 Å². The molecule has 26 heavy (non-hydrogen) atoms. The zero-order chi connectivity index (χ0) is 19.1. The fourth-order valence-electron chi connectivity index (χ4n) is 3.51. The van der Waals surface area contributed by atoms with E-state index < -0.39 is 0 Å². The molecule has 0 heterocycles. The number of carbonyl (C=O) groups is 2. The van der Waals surface area contributed by atoms with E-state index in [1.165, 1.54) is 4.90 Å². The minimum atomic E-state index is -0.146. The third-order valence-corrected chi connectivity index (χ3v) is 5.17. The number of amides is 2. The summed E-state index contributed by atoms with van der Waals surface area (Å²) in [6.45, 7) is 2.56. The molecule has 3 atom stereocenters. The first-order valence-electron chi connectivity index (χ1n) is 9.40. The van der Waals surface area contributed by atoms with Crippen molar-refractivity contribution >= 4 is 11.8 Å². The lowest BCUT2D eigenvalue weighted by Gasteiger charge is -2.24. The maximum Gasteiger partial charge on any atom is 0.259 e. The Balaban J connectivity index is 2.09. The Labute approximate surface area is 156 Å². The maximum atomic E-state index is 12.8. The second-order valence-electron chi connectivity index (χ2n) is 7.12. The fraction of sp³-hybridized carbons (Fsp3) is 0.600. The van der Waals surface area contributed by atoms with Gasteiger partial charge in [0.25, 0.3) is 5.91 Å². The van der Waals surface area contributed by atoms with Crippen molar-refractivity contribution in [1.82, 2.24) is 10.2 Å². The van der Waals surface area contributed by atoms with E-state index in [0.717, 1.165) is 31.2 Å². The number of hydrogen-bond donors (Lipinski definition) is 2. The van der Waals surface area contributed by atoms with Crippen LogP contribution in [0.15, 0.2) is 24.3 Å². The van der Waals surface area contributed by atoms with Crippen LogP contribution in [0.1, 0.15) is 44.2 Å². The van der Waals surface area contributed by atoms with Gasteiger partial charge in [0.1, 0.15) is 5.75 Å². The number of rotatable bonds is 8. The summed E-state index contributed by atoms with van der Waals surface area (Å²) in [7, 11) is 3.39. The zero-order valence-electron chi connectivity index (χ0n) is 16.0. The number of nitrogens with two attached hydrogens (primary N) is 1. The van der Waals surface area contributed by atoms with E-state index in [9.17, 15) is 9.59 Å². The molecule has 1 aromatic carbocycles. The Morgan fingerprint density at radius 1 is 1.31 bits per heavy atom. The zero-order valence-corrected chi connectivity index (χ0v) is 16.0. The average Bonchev–Trinajstić information content (AvgIpc) is 3.13. The molecule has 6 heteroatoms. The van der Waals surface area contributed by atoms with Crippen molar-refractivity contribution in [2.24, 2.45) is 17.6 Å². The second-order valence-corrected chi connectivity index (χ2v) is 7.12. The Morgan fingerprint density at radius 2 is 2.04 bits per heavy atom. The van der Waals surface area contributed by atoms with Crippen LogP contribution in [0.3, 0.4) is 0 Å². The van der Waals surface area contributed by atoms with Gasteiger partial charge in [-0.2, -0.15) is 0 Å². The number of likely N-dealkylation sites (N-methyl/N-ethyl adjacent to an activating group) is 1. The number of para-hydroxylation sites is 1. The Bertz CT molecular complexity index is 618. The van der Waals surface area contributed by atoms with Crippen molar-refractivity contribution in [2.45, 2.75) is 38.6 Å². The highest BCUT2D eigenvalue weighted by Gasteiger charge is 2.33. The molecule has 0 radical (unpaired) electrons. The van der Waals surface area contributed by atoms with Gasteiger partial charge in [-0.3, -0.25) is 9.59 Å². The predicted molar refractivity (Wildman–Crippen MR) is 102 cm³/mol. The van der Waals surface area contributed by atoms with Crippen LogP contribution in [0.4, 0.5) is 0 Å². The number of nitrogens with one attached hydrogen (secondary N) is 1. The van der Waals surface area contributed by atoms with Gasteiger partial charge in [0.15, 0.2) is 6.61 Å². The molecule has 1 aromatic rings. The van der Waals surface area contributed by atoms with Gasteiger partial charge in [-0.15, -0.1) is 0 Å². The molecule has 1 aliphatic rings. The van der Waals surface area contributed by atoms with Crippen LogP contribution in [-0.2, 0) is 9.59 Å². The lowest BCUT2D eigenvalue weighted by Crippen LogP contribution is -2.37. The summed E-state index contributed by atoms with van der Waals surface area (Å²) < 4.78 is 5.73. The van der Waals surface area contributed by atoms with Crippen LogP contribution in [-0.4, -0.2) is 44.0 Å². The van der Waals surface area contributed by atoms with Gasteiger partial charge < -0.3 is 20.7 Å². The lowest BCUT2D eigenvalue weighted by molar-refractivity contribution is -0.131.